The number of anilines is 1. The van der Waals surface area contributed by atoms with Crippen molar-refractivity contribution in [1.29, 1.82) is 0 Å². The van der Waals surface area contributed by atoms with Gasteiger partial charge in [-0.05, 0) is 54.2 Å². The molecule has 2 aliphatic heterocycles. The van der Waals surface area contributed by atoms with E-state index < -0.39 is 21.8 Å². The van der Waals surface area contributed by atoms with Crippen LogP contribution in [0.5, 0.6) is 0 Å². The lowest BCUT2D eigenvalue weighted by Gasteiger charge is -2.37. The maximum atomic E-state index is 13.2. The minimum Gasteiger partial charge on any atom is -0.369 e. The van der Waals surface area contributed by atoms with Crippen LogP contribution in [0.2, 0.25) is 0 Å². The van der Waals surface area contributed by atoms with Gasteiger partial charge in [0.2, 0.25) is 10.0 Å². The van der Waals surface area contributed by atoms with E-state index in [1.807, 2.05) is 18.2 Å². The molecule has 0 bridgehead atoms. The molecule has 180 valence electrons. The molecule has 5 nitrogen and oxygen atoms in total. The minimum absolute atomic E-state index is 0. The number of alkyl halides is 3. The zero-order valence-corrected chi connectivity index (χ0v) is 19.7. The van der Waals surface area contributed by atoms with Gasteiger partial charge >= 0.3 is 6.18 Å². The summed E-state index contributed by atoms with van der Waals surface area (Å²) in [6.45, 7) is 5.28. The predicted octanol–water partition coefficient (Wildman–Crippen LogP) is 4.36. The van der Waals surface area contributed by atoms with Crippen molar-refractivity contribution in [3.63, 3.8) is 0 Å². The van der Waals surface area contributed by atoms with Gasteiger partial charge in [-0.2, -0.15) is 17.5 Å². The van der Waals surface area contributed by atoms with E-state index in [-0.39, 0.29) is 30.4 Å². The van der Waals surface area contributed by atoms with E-state index in [0.29, 0.717) is 0 Å². The fraction of sp³-hybridized carbons (Fsp3) is 0.478. The highest BCUT2D eigenvalue weighted by molar-refractivity contribution is 7.89. The highest BCUT2D eigenvalue weighted by Crippen LogP contribution is 2.37. The minimum atomic E-state index is -4.59. The quantitative estimate of drug-likeness (QED) is 0.610. The van der Waals surface area contributed by atoms with Gasteiger partial charge in [0.05, 0.1) is 10.5 Å². The molecule has 2 fully saturated rings. The van der Waals surface area contributed by atoms with Gasteiger partial charge < -0.3 is 4.90 Å². The van der Waals surface area contributed by atoms with Crippen LogP contribution in [0.15, 0.2) is 47.4 Å². The van der Waals surface area contributed by atoms with E-state index in [9.17, 15) is 21.6 Å². The van der Waals surface area contributed by atoms with E-state index in [1.54, 1.807) is 0 Å². The van der Waals surface area contributed by atoms with Crippen LogP contribution in [0.4, 0.5) is 18.9 Å². The van der Waals surface area contributed by atoms with Crippen molar-refractivity contribution < 1.29 is 21.6 Å². The second-order valence-corrected chi connectivity index (χ2v) is 10.9. The number of nitrogens with zero attached hydrogens (tertiary/aromatic N) is 3. The largest absolute Gasteiger partial charge is 0.416 e. The SMILES string of the molecule is Cl.O=S(=O)(c1cccc(C(F)(F)F)c1)N1Cc2cccc(N3CCN(CC4CC4)CC3)c2C1. The number of benzene rings is 2. The summed E-state index contributed by atoms with van der Waals surface area (Å²) in [6, 6.07) is 9.85. The van der Waals surface area contributed by atoms with Crippen molar-refractivity contribution in [2.24, 2.45) is 5.92 Å². The van der Waals surface area contributed by atoms with Crippen molar-refractivity contribution in [2.45, 2.75) is 37.0 Å². The van der Waals surface area contributed by atoms with Crippen LogP contribution in [-0.4, -0.2) is 50.3 Å². The molecule has 5 rings (SSSR count). The molecule has 2 heterocycles. The zero-order valence-electron chi connectivity index (χ0n) is 18.1. The van der Waals surface area contributed by atoms with Gasteiger partial charge in [-0.1, -0.05) is 18.2 Å². The summed E-state index contributed by atoms with van der Waals surface area (Å²) in [6.07, 6.45) is -1.92. The molecule has 2 aromatic rings. The molecule has 1 saturated carbocycles. The number of piperazine rings is 1. The molecule has 10 heteroatoms. The monoisotopic (exact) mass is 501 g/mol. The molecular formula is C23H27ClF3N3O2S. The first-order valence-corrected chi connectivity index (χ1v) is 12.4. The molecule has 2 aromatic carbocycles. The molecule has 0 radical (unpaired) electrons. The highest BCUT2D eigenvalue weighted by atomic mass is 35.5. The Bertz CT molecular complexity index is 1110. The molecule has 1 aliphatic carbocycles. The normalized spacial score (nSPS) is 19.9. The highest BCUT2D eigenvalue weighted by Gasteiger charge is 2.36. The number of sulfonamides is 1. The molecule has 0 aromatic heterocycles. The maximum absolute atomic E-state index is 13.2. The average Bonchev–Trinajstić information content (AvgIpc) is 3.47. The van der Waals surface area contributed by atoms with Gasteiger partial charge in [0.1, 0.15) is 0 Å². The Labute approximate surface area is 198 Å². The molecule has 0 unspecified atom stereocenters. The van der Waals surface area contributed by atoms with E-state index in [4.69, 9.17) is 0 Å². The Balaban J connectivity index is 0.00000259. The lowest BCUT2D eigenvalue weighted by molar-refractivity contribution is -0.137. The Hall–Kier alpha value is -1.81. The predicted molar refractivity (Wildman–Crippen MR) is 123 cm³/mol. The number of rotatable bonds is 5. The number of hydrogen-bond donors (Lipinski definition) is 0. The summed E-state index contributed by atoms with van der Waals surface area (Å²) in [7, 11) is -4.05. The van der Waals surface area contributed by atoms with Gasteiger partial charge in [-0.3, -0.25) is 4.90 Å². The standard InChI is InChI=1S/C23H26F3N3O2S.ClH/c24-23(25,26)19-4-2-5-20(13-19)32(30,31)29-15-18-3-1-6-22(21(18)16-29)28-11-9-27(10-12-28)14-17-7-8-17;/h1-6,13,17H,7-12,14-16H2;1H. The maximum Gasteiger partial charge on any atom is 0.416 e. The van der Waals surface area contributed by atoms with Crippen LogP contribution in [0, 0.1) is 5.92 Å². The van der Waals surface area contributed by atoms with E-state index in [1.165, 1.54) is 29.8 Å². The van der Waals surface area contributed by atoms with Crippen LogP contribution in [0.25, 0.3) is 0 Å². The molecule has 0 amide bonds. The summed E-state index contributed by atoms with van der Waals surface area (Å²) in [5.74, 6) is 0.858. The van der Waals surface area contributed by atoms with Gasteiger partial charge in [0.25, 0.3) is 0 Å². The number of halogens is 4. The van der Waals surface area contributed by atoms with Crippen LogP contribution < -0.4 is 4.90 Å². The van der Waals surface area contributed by atoms with Crippen LogP contribution in [0.3, 0.4) is 0 Å². The number of fused-ring (bicyclic) bond motifs is 1. The zero-order chi connectivity index (χ0) is 22.5. The Morgan fingerprint density at radius 3 is 2.30 bits per heavy atom. The lowest BCUT2D eigenvalue weighted by atomic mass is 10.1. The van der Waals surface area contributed by atoms with Crippen molar-refractivity contribution in [1.82, 2.24) is 9.21 Å². The molecule has 0 atom stereocenters. The topological polar surface area (TPSA) is 43.9 Å². The number of hydrogen-bond acceptors (Lipinski definition) is 4. The van der Waals surface area contributed by atoms with Crippen LogP contribution >= 0.6 is 12.4 Å². The Kier molecular flexibility index (Phi) is 6.70. The first-order chi connectivity index (χ1) is 15.2. The lowest BCUT2D eigenvalue weighted by Crippen LogP contribution is -2.47. The van der Waals surface area contributed by atoms with E-state index >= 15 is 0 Å². The molecular weight excluding hydrogens is 475 g/mol. The summed E-state index contributed by atoms with van der Waals surface area (Å²) in [4.78, 5) is 4.49. The summed E-state index contributed by atoms with van der Waals surface area (Å²) in [5, 5.41) is 0. The second-order valence-electron chi connectivity index (χ2n) is 8.94. The van der Waals surface area contributed by atoms with Gasteiger partial charge in [0, 0.05) is 51.5 Å². The van der Waals surface area contributed by atoms with Crippen LogP contribution in [-0.2, 0) is 29.3 Å². The molecule has 33 heavy (non-hydrogen) atoms. The van der Waals surface area contributed by atoms with Crippen molar-refractivity contribution >= 4 is 28.1 Å². The molecule has 1 saturated heterocycles. The molecule has 3 aliphatic rings. The fourth-order valence-electron chi connectivity index (χ4n) is 4.66. The second kappa shape index (κ2) is 9.09. The summed E-state index contributed by atoms with van der Waals surface area (Å²) in [5.41, 5.74) is 1.95. The molecule has 0 N–H and O–H groups in total. The van der Waals surface area contributed by atoms with Crippen molar-refractivity contribution in [3.05, 3.63) is 59.2 Å². The van der Waals surface area contributed by atoms with Crippen LogP contribution in [0.1, 0.15) is 29.5 Å². The third-order valence-electron chi connectivity index (χ3n) is 6.65. The molecule has 0 spiro atoms. The van der Waals surface area contributed by atoms with E-state index in [0.717, 1.165) is 67.1 Å². The first-order valence-electron chi connectivity index (χ1n) is 11.0. The smallest absolute Gasteiger partial charge is 0.369 e. The average molecular weight is 502 g/mol. The van der Waals surface area contributed by atoms with Gasteiger partial charge in [0.15, 0.2) is 0 Å². The Morgan fingerprint density at radius 1 is 0.939 bits per heavy atom. The van der Waals surface area contributed by atoms with Crippen molar-refractivity contribution in [2.75, 3.05) is 37.6 Å². The first kappa shape index (κ1) is 24.3. The summed E-state index contributed by atoms with van der Waals surface area (Å²) < 4.78 is 66.9. The van der Waals surface area contributed by atoms with Crippen molar-refractivity contribution in [3.8, 4) is 0 Å². The third-order valence-corrected chi connectivity index (χ3v) is 8.44. The third kappa shape index (κ3) is 5.01. The van der Waals surface area contributed by atoms with E-state index in [2.05, 4.69) is 9.80 Å². The fourth-order valence-corrected chi connectivity index (χ4v) is 6.09. The summed E-state index contributed by atoms with van der Waals surface area (Å²) >= 11 is 0. The van der Waals surface area contributed by atoms with Gasteiger partial charge in [-0.25, -0.2) is 8.42 Å². The Morgan fingerprint density at radius 2 is 1.64 bits per heavy atom. The van der Waals surface area contributed by atoms with Gasteiger partial charge in [-0.15, -0.1) is 12.4 Å².